The number of benzene rings is 3. The van der Waals surface area contributed by atoms with E-state index in [9.17, 15) is 31.3 Å². The van der Waals surface area contributed by atoms with E-state index in [1.54, 1.807) is 36.4 Å². The minimum absolute atomic E-state index is 0.00287. The van der Waals surface area contributed by atoms with Gasteiger partial charge < -0.3 is 15.2 Å². The number of carbonyl (C=O) groups excluding carboxylic acids is 1. The van der Waals surface area contributed by atoms with Gasteiger partial charge in [0.05, 0.1) is 24.2 Å². The van der Waals surface area contributed by atoms with Crippen molar-refractivity contribution in [2.75, 3.05) is 24.1 Å². The van der Waals surface area contributed by atoms with E-state index in [4.69, 9.17) is 16.3 Å². The van der Waals surface area contributed by atoms with Gasteiger partial charge in [0.25, 0.3) is 10.1 Å². The van der Waals surface area contributed by atoms with Crippen LogP contribution in [0.5, 0.6) is 11.5 Å². The molecule has 186 valence electrons. The molecular formula is C23H22ClNO8S2. The van der Waals surface area contributed by atoms with Crippen molar-refractivity contribution >= 4 is 48.7 Å². The summed E-state index contributed by atoms with van der Waals surface area (Å²) in [5.74, 6) is -1.85. The summed E-state index contributed by atoms with van der Waals surface area (Å²) in [4.78, 5) is 12.3. The van der Waals surface area contributed by atoms with E-state index in [-0.39, 0.29) is 34.3 Å². The van der Waals surface area contributed by atoms with Crippen LogP contribution in [0.25, 0.3) is 0 Å². The second kappa shape index (κ2) is 10.6. The molecule has 12 heteroatoms. The molecule has 0 unspecified atom stereocenters. The summed E-state index contributed by atoms with van der Waals surface area (Å²) >= 11 is 5.58. The zero-order valence-electron chi connectivity index (χ0n) is 18.4. The van der Waals surface area contributed by atoms with Gasteiger partial charge in [0.15, 0.2) is 15.6 Å². The van der Waals surface area contributed by atoms with Crippen molar-refractivity contribution in [2.24, 2.45) is 0 Å². The lowest BCUT2D eigenvalue weighted by molar-refractivity contribution is 0.103. The topological polar surface area (TPSA) is 147 Å². The Morgan fingerprint density at radius 1 is 1.03 bits per heavy atom. The molecule has 0 spiro atoms. The molecule has 0 aromatic heterocycles. The first-order valence-corrected chi connectivity index (χ1v) is 13.9. The smallest absolute Gasteiger partial charge is 0.298 e. The molecule has 0 fully saturated rings. The molecule has 0 amide bonds. The summed E-state index contributed by atoms with van der Waals surface area (Å²) < 4.78 is 61.9. The van der Waals surface area contributed by atoms with Crippen LogP contribution < -0.4 is 10.1 Å². The van der Waals surface area contributed by atoms with Crippen molar-refractivity contribution in [3.8, 4) is 11.5 Å². The number of halogens is 1. The van der Waals surface area contributed by atoms with E-state index in [0.29, 0.717) is 16.9 Å². The van der Waals surface area contributed by atoms with Gasteiger partial charge in [-0.3, -0.25) is 9.35 Å². The molecule has 0 atom stereocenters. The molecule has 0 aliphatic rings. The first-order valence-electron chi connectivity index (χ1n) is 10.1. The number of para-hydroxylation sites is 1. The average Bonchev–Trinajstić information content (AvgIpc) is 2.79. The molecule has 0 aliphatic heterocycles. The Kier molecular flexibility index (Phi) is 8.06. The molecule has 3 rings (SSSR count). The highest BCUT2D eigenvalue weighted by atomic mass is 35.5. The Labute approximate surface area is 208 Å². The molecule has 35 heavy (non-hydrogen) atoms. The van der Waals surface area contributed by atoms with Crippen molar-refractivity contribution in [1.82, 2.24) is 0 Å². The van der Waals surface area contributed by atoms with E-state index < -0.39 is 36.4 Å². The maximum Gasteiger partial charge on any atom is 0.298 e. The van der Waals surface area contributed by atoms with E-state index in [1.807, 2.05) is 0 Å². The molecule has 0 saturated carbocycles. The van der Waals surface area contributed by atoms with Gasteiger partial charge >= 0.3 is 0 Å². The Bertz CT molecular complexity index is 1450. The minimum atomic E-state index is -4.71. The first kappa shape index (κ1) is 26.5. The van der Waals surface area contributed by atoms with Crippen LogP contribution in [0.15, 0.2) is 65.6 Å². The molecule has 0 radical (unpaired) electrons. The van der Waals surface area contributed by atoms with Crippen LogP contribution in [0.3, 0.4) is 0 Å². The first-order chi connectivity index (χ1) is 16.4. The van der Waals surface area contributed by atoms with Gasteiger partial charge in [0.1, 0.15) is 16.4 Å². The summed E-state index contributed by atoms with van der Waals surface area (Å²) in [6, 6.07) is 14.7. The summed E-state index contributed by atoms with van der Waals surface area (Å²) in [6.07, 6.45) is 0. The fraction of sp³-hybridized carbons (Fsp3) is 0.174. The number of hydrogen-bond donors (Lipinski definition) is 3. The van der Waals surface area contributed by atoms with Crippen LogP contribution in [0.2, 0.25) is 0 Å². The number of phenols is 1. The predicted molar refractivity (Wildman–Crippen MR) is 132 cm³/mol. The van der Waals surface area contributed by atoms with Crippen LogP contribution in [-0.2, 0) is 25.7 Å². The van der Waals surface area contributed by atoms with Gasteiger partial charge in [-0.15, -0.1) is 11.6 Å². The van der Waals surface area contributed by atoms with E-state index in [2.05, 4.69) is 5.32 Å². The highest BCUT2D eigenvalue weighted by Crippen LogP contribution is 2.33. The molecule has 3 N–H and O–H groups in total. The second-order valence-electron chi connectivity index (χ2n) is 7.46. The van der Waals surface area contributed by atoms with Crippen LogP contribution in [-0.4, -0.2) is 51.0 Å². The zero-order chi connectivity index (χ0) is 25.8. The monoisotopic (exact) mass is 539 g/mol. The van der Waals surface area contributed by atoms with Crippen molar-refractivity contribution < 1.29 is 36.0 Å². The quantitative estimate of drug-likeness (QED) is 0.199. The number of ketones is 1. The molecule has 0 saturated heterocycles. The highest BCUT2D eigenvalue weighted by molar-refractivity contribution is 7.90. The van der Waals surface area contributed by atoms with Gasteiger partial charge in [-0.05, 0) is 42.0 Å². The number of methoxy groups -OCH3 is 1. The normalized spacial score (nSPS) is 11.7. The van der Waals surface area contributed by atoms with Gasteiger partial charge in [0.2, 0.25) is 0 Å². The molecule has 9 nitrogen and oxygen atoms in total. The summed E-state index contributed by atoms with van der Waals surface area (Å²) in [6.45, 7) is 0. The standard InChI is InChI=1S/C23H22ClNO8S2/c1-33-21-13-20(26)18(12-22(21)35(30,31)32)23(27)15-6-8-17(9-7-15)25-19-5-3-2-4-16(19)14-34(28,29)11-10-24/h2-9,12-13,25-26H,10-11,14H2,1H3,(H,30,31,32). The third kappa shape index (κ3) is 6.51. The Morgan fingerprint density at radius 3 is 2.29 bits per heavy atom. The number of rotatable bonds is 10. The fourth-order valence-electron chi connectivity index (χ4n) is 3.30. The molecule has 3 aromatic rings. The maximum absolute atomic E-state index is 12.9. The number of carbonyl (C=O) groups is 1. The van der Waals surface area contributed by atoms with E-state index in [0.717, 1.165) is 19.2 Å². The van der Waals surface area contributed by atoms with E-state index >= 15 is 0 Å². The lowest BCUT2D eigenvalue weighted by atomic mass is 10.0. The summed E-state index contributed by atoms with van der Waals surface area (Å²) in [5.41, 5.74) is 1.47. The molecule has 0 bridgehead atoms. The van der Waals surface area contributed by atoms with Crippen LogP contribution in [0.1, 0.15) is 21.5 Å². The highest BCUT2D eigenvalue weighted by Gasteiger charge is 2.23. The van der Waals surface area contributed by atoms with Crippen molar-refractivity contribution in [2.45, 2.75) is 10.6 Å². The van der Waals surface area contributed by atoms with Gasteiger partial charge in [-0.2, -0.15) is 8.42 Å². The number of ether oxygens (including phenoxy) is 1. The van der Waals surface area contributed by atoms with Crippen molar-refractivity contribution in [3.63, 3.8) is 0 Å². The van der Waals surface area contributed by atoms with E-state index in [1.165, 1.54) is 12.1 Å². The minimum Gasteiger partial charge on any atom is -0.507 e. The summed E-state index contributed by atoms with van der Waals surface area (Å²) in [7, 11) is -6.94. The number of phenolic OH excluding ortho intramolecular Hbond substituents is 1. The van der Waals surface area contributed by atoms with Crippen LogP contribution in [0, 0.1) is 0 Å². The maximum atomic E-state index is 12.9. The molecule has 0 aliphatic carbocycles. The number of hydrogen-bond acceptors (Lipinski definition) is 8. The molecule has 0 heterocycles. The number of anilines is 2. The SMILES string of the molecule is COc1cc(O)c(C(=O)c2ccc(Nc3ccccc3CS(=O)(=O)CCCl)cc2)cc1S(=O)(=O)O. The number of aromatic hydroxyl groups is 1. The third-order valence-electron chi connectivity index (χ3n) is 5.01. The lowest BCUT2D eigenvalue weighted by Crippen LogP contribution is -2.11. The summed E-state index contributed by atoms with van der Waals surface area (Å²) in [5, 5.41) is 13.3. The molecule has 3 aromatic carbocycles. The average molecular weight is 540 g/mol. The fourth-order valence-corrected chi connectivity index (χ4v) is 5.78. The lowest BCUT2D eigenvalue weighted by Gasteiger charge is -2.13. The largest absolute Gasteiger partial charge is 0.507 e. The Morgan fingerprint density at radius 2 is 1.69 bits per heavy atom. The third-order valence-corrected chi connectivity index (χ3v) is 7.88. The van der Waals surface area contributed by atoms with Gasteiger partial charge in [-0.25, -0.2) is 8.42 Å². The molecular weight excluding hydrogens is 518 g/mol. The zero-order valence-corrected chi connectivity index (χ0v) is 20.8. The van der Waals surface area contributed by atoms with Gasteiger partial charge in [-0.1, -0.05) is 18.2 Å². The number of sulfone groups is 1. The van der Waals surface area contributed by atoms with Crippen LogP contribution >= 0.6 is 11.6 Å². The predicted octanol–water partition coefficient (Wildman–Crippen LogP) is 3.78. The van der Waals surface area contributed by atoms with Crippen LogP contribution in [0.4, 0.5) is 11.4 Å². The Balaban J connectivity index is 1.87. The van der Waals surface area contributed by atoms with Gasteiger partial charge in [0, 0.05) is 28.9 Å². The Hall–Kier alpha value is -3.12. The number of alkyl halides is 1. The van der Waals surface area contributed by atoms with Crippen molar-refractivity contribution in [3.05, 3.63) is 77.4 Å². The second-order valence-corrected chi connectivity index (χ2v) is 11.4. The number of nitrogens with one attached hydrogen (secondary N) is 1. The van der Waals surface area contributed by atoms with Crippen molar-refractivity contribution in [1.29, 1.82) is 0 Å².